The molecule has 0 spiro atoms. The summed E-state index contributed by atoms with van der Waals surface area (Å²) in [6.45, 7) is 5.03. The van der Waals surface area contributed by atoms with Crippen LogP contribution in [-0.4, -0.2) is 82.4 Å². The number of alkyl carbamates (subject to hydrolysis) is 1. The Morgan fingerprint density at radius 3 is 1.61 bits per heavy atom. The number of amides is 4. The van der Waals surface area contributed by atoms with Gasteiger partial charge in [0, 0.05) is 19.4 Å². The zero-order valence-electron chi connectivity index (χ0n) is 29.2. The molecule has 3 aromatic carbocycles. The summed E-state index contributed by atoms with van der Waals surface area (Å²) in [5, 5.41) is 31.8. The minimum atomic E-state index is -1.32. The molecule has 0 saturated carbocycles. The Labute approximate surface area is 298 Å². The van der Waals surface area contributed by atoms with Gasteiger partial charge in [0.25, 0.3) is 0 Å². The summed E-state index contributed by atoms with van der Waals surface area (Å²) in [6.07, 6.45) is -2.10. The van der Waals surface area contributed by atoms with Crippen molar-refractivity contribution in [2.24, 2.45) is 5.73 Å². The molecule has 5 atom stereocenters. The molecule has 3 aromatic rings. The number of nitrogens with one attached hydrogen (secondary N) is 4. The van der Waals surface area contributed by atoms with Crippen molar-refractivity contribution in [3.05, 3.63) is 108 Å². The fourth-order valence-electron chi connectivity index (χ4n) is 5.28. The lowest BCUT2D eigenvalue weighted by molar-refractivity contribution is -0.138. The van der Waals surface area contributed by atoms with Crippen LogP contribution in [0.1, 0.15) is 50.3 Å². The van der Waals surface area contributed by atoms with Crippen LogP contribution in [0.4, 0.5) is 4.79 Å². The average molecular weight is 704 g/mol. The lowest BCUT2D eigenvalue weighted by atomic mass is 10.00. The minimum absolute atomic E-state index is 0.0963. The molecule has 0 radical (unpaired) electrons. The monoisotopic (exact) mass is 703 g/mol. The van der Waals surface area contributed by atoms with Gasteiger partial charge in [-0.3, -0.25) is 19.2 Å². The summed E-state index contributed by atoms with van der Waals surface area (Å²) in [4.78, 5) is 63.8. The lowest BCUT2D eigenvalue weighted by Gasteiger charge is -2.29. The number of aliphatic hydroxyl groups excluding tert-OH is 1. The molecular formula is C38H49N5O8. The Balaban J connectivity index is 1.80. The van der Waals surface area contributed by atoms with Crippen molar-refractivity contribution < 1.29 is 38.9 Å². The highest BCUT2D eigenvalue weighted by molar-refractivity contribution is 5.93. The summed E-state index contributed by atoms with van der Waals surface area (Å²) >= 11 is 0. The number of hydrogen-bond acceptors (Lipinski definition) is 8. The Bertz CT molecular complexity index is 1570. The van der Waals surface area contributed by atoms with Gasteiger partial charge >= 0.3 is 12.1 Å². The predicted octanol–water partition coefficient (Wildman–Crippen LogP) is 2.25. The second kappa shape index (κ2) is 19.8. The average Bonchev–Trinajstić information content (AvgIpc) is 3.08. The molecule has 0 aromatic heterocycles. The van der Waals surface area contributed by atoms with Crippen LogP contribution in [0.2, 0.25) is 0 Å². The first kappa shape index (κ1) is 40.2. The number of carbonyl (C=O) groups is 5. The molecule has 0 aliphatic heterocycles. The van der Waals surface area contributed by atoms with Crippen LogP contribution in [0.25, 0.3) is 0 Å². The van der Waals surface area contributed by atoms with Crippen molar-refractivity contribution in [1.82, 2.24) is 21.3 Å². The normalized spacial score (nSPS) is 14.2. The van der Waals surface area contributed by atoms with Crippen LogP contribution in [0.3, 0.4) is 0 Å². The fourth-order valence-corrected chi connectivity index (χ4v) is 5.28. The maximum Gasteiger partial charge on any atom is 0.407 e. The molecule has 3 rings (SSSR count). The van der Waals surface area contributed by atoms with Crippen molar-refractivity contribution in [3.63, 3.8) is 0 Å². The number of carboxylic acids is 1. The number of carboxylic acid groups (broad SMARTS) is 1. The first-order chi connectivity index (χ1) is 24.2. The second-order valence-corrected chi connectivity index (χ2v) is 13.3. The van der Waals surface area contributed by atoms with E-state index in [1.165, 1.54) is 0 Å². The van der Waals surface area contributed by atoms with E-state index < -0.39 is 72.1 Å². The Hall–Kier alpha value is -5.27. The van der Waals surface area contributed by atoms with E-state index in [0.29, 0.717) is 0 Å². The van der Waals surface area contributed by atoms with E-state index in [-0.39, 0.29) is 32.2 Å². The Kier molecular flexibility index (Phi) is 15.6. The van der Waals surface area contributed by atoms with Gasteiger partial charge in [0.15, 0.2) is 0 Å². The lowest BCUT2D eigenvalue weighted by Crippen LogP contribution is -2.58. The third kappa shape index (κ3) is 15.0. The van der Waals surface area contributed by atoms with Crippen LogP contribution < -0.4 is 27.0 Å². The number of aliphatic carboxylic acids is 1. The molecule has 0 fully saturated rings. The van der Waals surface area contributed by atoms with Gasteiger partial charge in [0.1, 0.15) is 17.7 Å². The highest BCUT2D eigenvalue weighted by atomic mass is 16.6. The molecule has 13 heteroatoms. The van der Waals surface area contributed by atoms with Crippen LogP contribution in [-0.2, 0) is 43.2 Å². The first-order valence-electron chi connectivity index (χ1n) is 16.8. The number of nitrogens with two attached hydrogens (primary N) is 1. The molecule has 4 amide bonds. The van der Waals surface area contributed by atoms with Crippen molar-refractivity contribution >= 4 is 29.8 Å². The highest BCUT2D eigenvalue weighted by Gasteiger charge is 2.31. The zero-order chi connectivity index (χ0) is 37.4. The molecule has 51 heavy (non-hydrogen) atoms. The molecular weight excluding hydrogens is 654 g/mol. The van der Waals surface area contributed by atoms with Gasteiger partial charge in [-0.1, -0.05) is 91.0 Å². The van der Waals surface area contributed by atoms with E-state index in [9.17, 15) is 34.2 Å². The maximum atomic E-state index is 13.9. The maximum absolute atomic E-state index is 13.9. The minimum Gasteiger partial charge on any atom is -0.481 e. The molecule has 0 aliphatic carbocycles. The third-order valence-electron chi connectivity index (χ3n) is 7.86. The van der Waals surface area contributed by atoms with Crippen LogP contribution >= 0.6 is 0 Å². The number of rotatable bonds is 19. The number of ether oxygens (including phenoxy) is 1. The topological polar surface area (TPSA) is 209 Å². The number of aliphatic hydroxyl groups is 1. The van der Waals surface area contributed by atoms with E-state index >= 15 is 0 Å². The van der Waals surface area contributed by atoms with Gasteiger partial charge < -0.3 is 42.0 Å². The highest BCUT2D eigenvalue weighted by Crippen LogP contribution is 2.12. The van der Waals surface area contributed by atoms with Crippen LogP contribution in [0.5, 0.6) is 0 Å². The standard InChI is InChI=1S/C38H49N5O8/c1-38(2,3)51-37(50)43-29(21-25-13-7-4-8-14-25)32(44)24-40-31(23-27-17-11-6-12-18-27)36(49)41-28(19-20-33(45)46)35(48)42-30(34(39)47)22-26-15-9-5-10-16-26/h4-18,28-32,40,44H,19-24H2,1-3H3,(H2,39,47)(H,41,49)(H,42,48)(H,43,50)(H,45,46)/t28-,29-,30-,31-,32?/m0/s1. The smallest absolute Gasteiger partial charge is 0.407 e. The summed E-state index contributed by atoms with van der Waals surface area (Å²) in [7, 11) is 0. The molecule has 1 unspecified atom stereocenters. The van der Waals surface area contributed by atoms with E-state index in [0.717, 1.165) is 16.7 Å². The van der Waals surface area contributed by atoms with Crippen molar-refractivity contribution in [2.75, 3.05) is 6.54 Å². The molecule has 0 saturated heterocycles. The van der Waals surface area contributed by atoms with E-state index in [2.05, 4.69) is 21.3 Å². The van der Waals surface area contributed by atoms with Gasteiger partial charge in [-0.25, -0.2) is 4.79 Å². The van der Waals surface area contributed by atoms with Gasteiger partial charge in [-0.05, 0) is 56.7 Å². The Morgan fingerprint density at radius 1 is 0.686 bits per heavy atom. The molecule has 0 bridgehead atoms. The largest absolute Gasteiger partial charge is 0.481 e. The van der Waals surface area contributed by atoms with Crippen molar-refractivity contribution in [2.45, 2.75) is 88.7 Å². The third-order valence-corrected chi connectivity index (χ3v) is 7.86. The second-order valence-electron chi connectivity index (χ2n) is 13.3. The summed E-state index contributed by atoms with van der Waals surface area (Å²) in [5.41, 5.74) is 7.18. The van der Waals surface area contributed by atoms with Crippen LogP contribution in [0, 0.1) is 0 Å². The number of primary amides is 1. The molecule has 274 valence electrons. The van der Waals surface area contributed by atoms with Crippen LogP contribution in [0.15, 0.2) is 91.0 Å². The summed E-state index contributed by atoms with van der Waals surface area (Å²) in [6, 6.07) is 23.0. The summed E-state index contributed by atoms with van der Waals surface area (Å²) < 4.78 is 5.43. The molecule has 0 aliphatic rings. The number of benzene rings is 3. The van der Waals surface area contributed by atoms with E-state index in [4.69, 9.17) is 10.5 Å². The molecule has 8 N–H and O–H groups in total. The zero-order valence-corrected chi connectivity index (χ0v) is 29.2. The first-order valence-corrected chi connectivity index (χ1v) is 16.8. The van der Waals surface area contributed by atoms with E-state index in [1.54, 1.807) is 63.2 Å². The van der Waals surface area contributed by atoms with Gasteiger partial charge in [-0.2, -0.15) is 0 Å². The van der Waals surface area contributed by atoms with Gasteiger partial charge in [0.05, 0.1) is 18.2 Å². The molecule has 0 heterocycles. The van der Waals surface area contributed by atoms with Crippen molar-refractivity contribution in [3.8, 4) is 0 Å². The van der Waals surface area contributed by atoms with E-state index in [1.807, 2.05) is 48.5 Å². The molecule has 13 nitrogen and oxygen atoms in total. The SMILES string of the molecule is CC(C)(C)OC(=O)N[C@@H](Cc1ccccc1)C(O)CN[C@@H](Cc1ccccc1)C(=O)N[C@@H](CCC(=O)O)C(=O)N[C@@H](Cc1ccccc1)C(N)=O. The summed E-state index contributed by atoms with van der Waals surface area (Å²) in [5.74, 6) is -3.39. The quantitative estimate of drug-likeness (QED) is 0.0975. The van der Waals surface area contributed by atoms with Gasteiger partial charge in [-0.15, -0.1) is 0 Å². The van der Waals surface area contributed by atoms with Gasteiger partial charge in [0.2, 0.25) is 17.7 Å². The Morgan fingerprint density at radius 2 is 1.14 bits per heavy atom. The number of carbonyl (C=O) groups excluding carboxylic acids is 4. The fraction of sp³-hybridized carbons (Fsp3) is 0.395. The number of hydrogen-bond donors (Lipinski definition) is 7. The predicted molar refractivity (Wildman–Crippen MR) is 191 cm³/mol. The van der Waals surface area contributed by atoms with Crippen molar-refractivity contribution in [1.29, 1.82) is 0 Å².